The number of methoxy groups -OCH3 is 1. The zero-order valence-corrected chi connectivity index (χ0v) is 17.5. The second-order valence-corrected chi connectivity index (χ2v) is 15.4. The maximum absolute atomic E-state index is 12.9. The molecule has 1 atom stereocenters. The highest BCUT2D eigenvalue weighted by molar-refractivity contribution is 7.89. The molecule has 8 heteroatoms. The highest BCUT2D eigenvalue weighted by atomic mass is 35.5. The number of benzene rings is 1. The molecule has 0 fully saturated rings. The summed E-state index contributed by atoms with van der Waals surface area (Å²) in [7, 11) is -3.71. The molecule has 0 bridgehead atoms. The number of carbonyl (C=O) groups is 1. The van der Waals surface area contributed by atoms with Crippen molar-refractivity contribution in [2.24, 2.45) is 0 Å². The Morgan fingerprint density at radius 1 is 1.28 bits per heavy atom. The Labute approximate surface area is 155 Å². The third-order valence-electron chi connectivity index (χ3n) is 4.15. The van der Waals surface area contributed by atoms with Gasteiger partial charge in [0.15, 0.2) is 0 Å². The first kappa shape index (κ1) is 20.2. The quantitative estimate of drug-likeness (QED) is 0.540. The SMILES string of the molecule is COC(=O)C1=CCN(S(=O)(=O)CC[Si](C)(C)C)C1c1ccc(Cl)cc1. The molecule has 0 N–H and O–H groups in total. The van der Waals surface area contributed by atoms with Gasteiger partial charge in [-0.2, -0.15) is 4.31 Å². The molecule has 0 radical (unpaired) electrons. The van der Waals surface area contributed by atoms with Crippen LogP contribution in [-0.4, -0.2) is 46.2 Å². The topological polar surface area (TPSA) is 63.7 Å². The monoisotopic (exact) mass is 401 g/mol. The lowest BCUT2D eigenvalue weighted by atomic mass is 10.0. The number of ether oxygens (including phenoxy) is 1. The summed E-state index contributed by atoms with van der Waals surface area (Å²) < 4.78 is 32.1. The van der Waals surface area contributed by atoms with E-state index in [0.717, 1.165) is 0 Å². The van der Waals surface area contributed by atoms with Crippen LogP contribution >= 0.6 is 11.6 Å². The van der Waals surface area contributed by atoms with E-state index in [1.54, 1.807) is 30.3 Å². The number of rotatable bonds is 6. The number of nitrogens with zero attached hydrogens (tertiary/aromatic N) is 1. The molecular formula is C17H24ClNO4SSi. The predicted octanol–water partition coefficient (Wildman–Crippen LogP) is 3.46. The molecule has 0 amide bonds. The lowest BCUT2D eigenvalue weighted by molar-refractivity contribution is -0.136. The first-order chi connectivity index (χ1) is 11.5. The van der Waals surface area contributed by atoms with Crippen molar-refractivity contribution in [3.8, 4) is 0 Å². The Hall–Kier alpha value is -1.15. The fraction of sp³-hybridized carbons (Fsp3) is 0.471. The highest BCUT2D eigenvalue weighted by Crippen LogP contribution is 2.37. The second kappa shape index (κ2) is 7.61. The maximum atomic E-state index is 12.9. The smallest absolute Gasteiger partial charge is 0.335 e. The van der Waals surface area contributed by atoms with Crippen LogP contribution in [0.3, 0.4) is 0 Å². The summed E-state index contributed by atoms with van der Waals surface area (Å²) in [6.07, 6.45) is 1.64. The van der Waals surface area contributed by atoms with Gasteiger partial charge in [-0.3, -0.25) is 0 Å². The average Bonchev–Trinajstić information content (AvgIpc) is 2.98. The van der Waals surface area contributed by atoms with Crippen LogP contribution in [0.15, 0.2) is 35.9 Å². The lowest BCUT2D eigenvalue weighted by Crippen LogP contribution is -2.37. The summed E-state index contributed by atoms with van der Waals surface area (Å²) in [5.74, 6) is -0.419. The highest BCUT2D eigenvalue weighted by Gasteiger charge is 2.40. The average molecular weight is 402 g/mol. The molecule has 1 aromatic carbocycles. The van der Waals surface area contributed by atoms with Crippen LogP contribution in [-0.2, 0) is 19.6 Å². The number of halogens is 1. The summed E-state index contributed by atoms with van der Waals surface area (Å²) in [5, 5.41) is 0.554. The van der Waals surface area contributed by atoms with Gasteiger partial charge in [0.25, 0.3) is 0 Å². The molecule has 25 heavy (non-hydrogen) atoms. The Kier molecular flexibility index (Phi) is 6.14. The molecule has 0 spiro atoms. The Bertz CT molecular complexity index is 769. The van der Waals surface area contributed by atoms with E-state index >= 15 is 0 Å². The number of hydrogen-bond donors (Lipinski definition) is 0. The van der Waals surface area contributed by atoms with E-state index in [-0.39, 0.29) is 12.3 Å². The number of carbonyl (C=O) groups excluding carboxylic acids is 1. The molecule has 0 aromatic heterocycles. The Morgan fingerprint density at radius 3 is 2.40 bits per heavy atom. The van der Waals surface area contributed by atoms with E-state index in [4.69, 9.17) is 16.3 Å². The van der Waals surface area contributed by atoms with Crippen LogP contribution in [0.1, 0.15) is 11.6 Å². The summed E-state index contributed by atoms with van der Waals surface area (Å²) in [4.78, 5) is 12.1. The van der Waals surface area contributed by atoms with Gasteiger partial charge in [0, 0.05) is 19.6 Å². The fourth-order valence-corrected chi connectivity index (χ4v) is 7.39. The molecular weight excluding hydrogens is 378 g/mol. The molecule has 0 saturated heterocycles. The van der Waals surface area contributed by atoms with Crippen LogP contribution in [0.5, 0.6) is 0 Å². The van der Waals surface area contributed by atoms with E-state index in [1.165, 1.54) is 11.4 Å². The third kappa shape index (κ3) is 4.94. The Balaban J connectivity index is 2.37. The minimum atomic E-state index is -3.50. The standard InChI is InChI=1S/C17H24ClNO4SSi/c1-23-17(20)15-9-10-19(24(21,22)11-12-25(2,3)4)16(15)13-5-7-14(18)8-6-13/h5-9,16H,10-12H2,1-4H3. The summed E-state index contributed by atoms with van der Waals surface area (Å²) >= 11 is 5.94. The second-order valence-electron chi connectivity index (χ2n) is 7.30. The summed E-state index contributed by atoms with van der Waals surface area (Å²) in [6.45, 7) is 6.59. The number of sulfonamides is 1. The van der Waals surface area contributed by atoms with Crippen molar-refractivity contribution in [1.29, 1.82) is 0 Å². The van der Waals surface area contributed by atoms with E-state index in [0.29, 0.717) is 22.2 Å². The largest absolute Gasteiger partial charge is 0.466 e. The van der Waals surface area contributed by atoms with Gasteiger partial charge < -0.3 is 4.74 Å². The zero-order valence-electron chi connectivity index (χ0n) is 15.0. The van der Waals surface area contributed by atoms with Gasteiger partial charge in [-0.05, 0) is 23.7 Å². The van der Waals surface area contributed by atoms with Crippen LogP contribution < -0.4 is 0 Å². The number of hydrogen-bond acceptors (Lipinski definition) is 4. The first-order valence-corrected chi connectivity index (χ1v) is 13.8. The molecule has 1 aliphatic rings. The molecule has 138 valence electrons. The normalized spacial score (nSPS) is 18.9. The molecule has 1 aromatic rings. The zero-order chi connectivity index (χ0) is 18.8. The summed E-state index contributed by atoms with van der Waals surface area (Å²) in [6, 6.07) is 6.88. The Morgan fingerprint density at radius 2 is 1.88 bits per heavy atom. The van der Waals surface area contributed by atoms with Gasteiger partial charge in [0.2, 0.25) is 10.0 Å². The third-order valence-corrected chi connectivity index (χ3v) is 8.31. The lowest BCUT2D eigenvalue weighted by Gasteiger charge is -2.27. The molecule has 2 rings (SSSR count). The van der Waals surface area contributed by atoms with Gasteiger partial charge in [0.05, 0.1) is 24.5 Å². The van der Waals surface area contributed by atoms with Crippen LogP contribution in [0.25, 0.3) is 0 Å². The molecule has 0 aliphatic carbocycles. The molecule has 5 nitrogen and oxygen atoms in total. The van der Waals surface area contributed by atoms with Gasteiger partial charge in [-0.25, -0.2) is 13.2 Å². The van der Waals surface area contributed by atoms with Crippen molar-refractivity contribution in [3.05, 3.63) is 46.5 Å². The van der Waals surface area contributed by atoms with Gasteiger partial charge >= 0.3 is 5.97 Å². The van der Waals surface area contributed by atoms with E-state index in [1.807, 2.05) is 0 Å². The van der Waals surface area contributed by atoms with Crippen molar-refractivity contribution in [2.75, 3.05) is 19.4 Å². The van der Waals surface area contributed by atoms with Crippen LogP contribution in [0.4, 0.5) is 0 Å². The van der Waals surface area contributed by atoms with Crippen molar-refractivity contribution in [2.45, 2.75) is 31.7 Å². The maximum Gasteiger partial charge on any atom is 0.335 e. The fourth-order valence-electron chi connectivity index (χ4n) is 2.69. The summed E-state index contributed by atoms with van der Waals surface area (Å²) in [5.41, 5.74) is 1.05. The van der Waals surface area contributed by atoms with Gasteiger partial charge in [-0.15, -0.1) is 0 Å². The van der Waals surface area contributed by atoms with Crippen molar-refractivity contribution < 1.29 is 17.9 Å². The van der Waals surface area contributed by atoms with Gasteiger partial charge in [-0.1, -0.05) is 49.5 Å². The van der Waals surface area contributed by atoms with E-state index < -0.39 is 30.1 Å². The molecule has 1 unspecified atom stereocenters. The van der Waals surface area contributed by atoms with Crippen LogP contribution in [0, 0.1) is 0 Å². The van der Waals surface area contributed by atoms with E-state index in [2.05, 4.69) is 19.6 Å². The molecule has 1 aliphatic heterocycles. The van der Waals surface area contributed by atoms with Crippen molar-refractivity contribution in [1.82, 2.24) is 4.31 Å². The van der Waals surface area contributed by atoms with Crippen molar-refractivity contribution >= 4 is 35.7 Å². The minimum Gasteiger partial charge on any atom is -0.466 e. The van der Waals surface area contributed by atoms with Crippen LogP contribution in [0.2, 0.25) is 30.7 Å². The van der Waals surface area contributed by atoms with Crippen molar-refractivity contribution in [3.63, 3.8) is 0 Å². The predicted molar refractivity (Wildman–Crippen MR) is 103 cm³/mol. The van der Waals surface area contributed by atoms with Gasteiger partial charge in [0.1, 0.15) is 0 Å². The van der Waals surface area contributed by atoms with E-state index in [9.17, 15) is 13.2 Å². The number of esters is 1. The minimum absolute atomic E-state index is 0.0924. The molecule has 0 saturated carbocycles. The first-order valence-electron chi connectivity index (χ1n) is 8.08. The molecule has 1 heterocycles.